The maximum absolute atomic E-state index is 13.0. The van der Waals surface area contributed by atoms with Gasteiger partial charge in [-0.25, -0.2) is 13.2 Å². The van der Waals surface area contributed by atoms with E-state index in [0.29, 0.717) is 24.0 Å². The molecule has 0 radical (unpaired) electrons. The first-order chi connectivity index (χ1) is 18.1. The molecule has 10 heteroatoms. The molecular weight excluding hydrogens is 536 g/mol. The lowest BCUT2D eigenvalue weighted by molar-refractivity contribution is 0.119. The predicted molar refractivity (Wildman–Crippen MR) is 159 cm³/mol. The molecule has 1 saturated heterocycles. The number of nitrogens with one attached hydrogen (secondary N) is 2. The first kappa shape index (κ1) is 30.8. The van der Waals surface area contributed by atoms with Gasteiger partial charge in [0.15, 0.2) is 0 Å². The minimum Gasteiger partial charge on any atom is -0.457 e. The lowest BCUT2D eigenvalue weighted by atomic mass is 9.93. The van der Waals surface area contributed by atoms with Crippen LogP contribution in [-0.2, 0) is 16.6 Å². The number of carbonyl (C=O) groups is 1. The van der Waals surface area contributed by atoms with Gasteiger partial charge in [0.2, 0.25) is 10.0 Å². The second-order valence-electron chi connectivity index (χ2n) is 10.7. The number of allylic oxidation sites excluding steroid dienone is 1. The molecule has 1 heterocycles. The summed E-state index contributed by atoms with van der Waals surface area (Å²) in [5.74, 6) is 1.36. The Kier molecular flexibility index (Phi) is 11.1. The van der Waals surface area contributed by atoms with Crippen molar-refractivity contribution in [1.82, 2.24) is 15.1 Å². The van der Waals surface area contributed by atoms with Gasteiger partial charge in [0.1, 0.15) is 11.5 Å². The van der Waals surface area contributed by atoms with Crippen LogP contribution in [0.3, 0.4) is 0 Å². The second-order valence-corrected chi connectivity index (χ2v) is 12.4. The smallest absolute Gasteiger partial charge is 0.318 e. The van der Waals surface area contributed by atoms with Crippen LogP contribution in [0.5, 0.6) is 11.5 Å². The normalized spacial score (nSPS) is 16.4. The van der Waals surface area contributed by atoms with E-state index in [9.17, 15) is 13.2 Å². The number of carbonyl (C=O) groups excluding carboxylic acids is 1. The molecule has 2 amide bonds. The highest BCUT2D eigenvalue weighted by Crippen LogP contribution is 2.25. The third-order valence-corrected chi connectivity index (χ3v) is 7.72. The predicted octanol–water partition coefficient (Wildman–Crippen LogP) is 5.77. The van der Waals surface area contributed by atoms with E-state index in [0.717, 1.165) is 57.3 Å². The molecule has 2 aromatic rings. The van der Waals surface area contributed by atoms with Gasteiger partial charge in [-0.2, -0.15) is 0 Å². The summed E-state index contributed by atoms with van der Waals surface area (Å²) in [6.07, 6.45) is 8.62. The van der Waals surface area contributed by atoms with Gasteiger partial charge in [0.05, 0.1) is 6.26 Å². The molecule has 2 N–H and O–H groups in total. The maximum Gasteiger partial charge on any atom is 0.318 e. The van der Waals surface area contributed by atoms with Crippen LogP contribution in [-0.4, -0.2) is 62.2 Å². The topological polar surface area (TPSA) is 91.0 Å². The van der Waals surface area contributed by atoms with E-state index in [-0.39, 0.29) is 24.5 Å². The molecule has 4 rings (SSSR count). The molecule has 1 saturated carbocycles. The Labute approximate surface area is 239 Å². The molecule has 8 nitrogen and oxygen atoms in total. The minimum absolute atomic E-state index is 0. The van der Waals surface area contributed by atoms with Crippen molar-refractivity contribution in [3.05, 3.63) is 65.7 Å². The molecule has 2 aliphatic rings. The number of rotatable bonds is 10. The highest BCUT2D eigenvalue weighted by molar-refractivity contribution is 7.92. The van der Waals surface area contributed by atoms with E-state index >= 15 is 0 Å². The van der Waals surface area contributed by atoms with Gasteiger partial charge in [0, 0.05) is 44.0 Å². The Morgan fingerprint density at radius 2 is 1.59 bits per heavy atom. The molecule has 1 aliphatic heterocycles. The van der Waals surface area contributed by atoms with Gasteiger partial charge < -0.3 is 15.0 Å². The summed E-state index contributed by atoms with van der Waals surface area (Å²) < 4.78 is 31.1. The fourth-order valence-electron chi connectivity index (χ4n) is 4.74. The van der Waals surface area contributed by atoms with Crippen LogP contribution in [0.1, 0.15) is 51.5 Å². The van der Waals surface area contributed by atoms with Crippen LogP contribution in [0.25, 0.3) is 0 Å². The summed E-state index contributed by atoms with van der Waals surface area (Å²) >= 11 is 0. The van der Waals surface area contributed by atoms with Crippen molar-refractivity contribution in [2.24, 2.45) is 0 Å². The number of nitrogens with zero attached hydrogens (tertiary/aromatic N) is 2. The van der Waals surface area contributed by atoms with Crippen molar-refractivity contribution in [2.45, 2.75) is 64.6 Å². The third-order valence-electron chi connectivity index (χ3n) is 7.11. The molecule has 214 valence electrons. The number of urea groups is 1. The molecule has 2 aromatic carbocycles. The van der Waals surface area contributed by atoms with Crippen LogP contribution in [0.4, 0.5) is 10.5 Å². The van der Waals surface area contributed by atoms with Crippen LogP contribution in [0.2, 0.25) is 0 Å². The lowest BCUT2D eigenvalue weighted by Gasteiger charge is -2.39. The van der Waals surface area contributed by atoms with Gasteiger partial charge in [-0.05, 0) is 87.9 Å². The number of ether oxygens (including phenoxy) is 1. The van der Waals surface area contributed by atoms with Gasteiger partial charge in [-0.3, -0.25) is 9.62 Å². The fourth-order valence-corrected chi connectivity index (χ4v) is 5.30. The van der Waals surface area contributed by atoms with Gasteiger partial charge in [-0.1, -0.05) is 23.8 Å². The Bertz CT molecular complexity index is 1200. The Hall–Kier alpha value is -2.75. The molecule has 39 heavy (non-hydrogen) atoms. The number of amides is 2. The molecule has 0 spiro atoms. The first-order valence-corrected chi connectivity index (χ1v) is 15.3. The average molecular weight is 577 g/mol. The van der Waals surface area contributed by atoms with Crippen LogP contribution in [0.15, 0.2) is 60.2 Å². The Morgan fingerprint density at radius 1 is 1.00 bits per heavy atom. The van der Waals surface area contributed by atoms with Crippen molar-refractivity contribution in [3.8, 4) is 11.5 Å². The summed E-state index contributed by atoms with van der Waals surface area (Å²) in [7, 11) is -3.30. The monoisotopic (exact) mass is 576 g/mol. The summed E-state index contributed by atoms with van der Waals surface area (Å²) in [6, 6.07) is 15.6. The quantitative estimate of drug-likeness (QED) is 0.351. The van der Waals surface area contributed by atoms with Gasteiger partial charge in [0.25, 0.3) is 0 Å². The zero-order chi connectivity index (χ0) is 27.1. The van der Waals surface area contributed by atoms with E-state index in [1.807, 2.05) is 17.0 Å². The van der Waals surface area contributed by atoms with Gasteiger partial charge in [-0.15, -0.1) is 12.4 Å². The zero-order valence-corrected chi connectivity index (χ0v) is 24.7. The largest absolute Gasteiger partial charge is 0.457 e. The highest BCUT2D eigenvalue weighted by Gasteiger charge is 2.29. The highest BCUT2D eigenvalue weighted by atomic mass is 35.5. The number of anilines is 1. The van der Waals surface area contributed by atoms with Crippen LogP contribution < -0.4 is 14.8 Å². The van der Waals surface area contributed by atoms with Crippen molar-refractivity contribution in [1.29, 1.82) is 0 Å². The number of benzene rings is 2. The van der Waals surface area contributed by atoms with E-state index in [1.54, 1.807) is 24.3 Å². The third kappa shape index (κ3) is 9.74. The van der Waals surface area contributed by atoms with Crippen molar-refractivity contribution in [2.75, 3.05) is 30.6 Å². The van der Waals surface area contributed by atoms with Crippen molar-refractivity contribution >= 4 is 34.1 Å². The zero-order valence-electron chi connectivity index (χ0n) is 23.1. The van der Waals surface area contributed by atoms with Crippen LogP contribution >= 0.6 is 12.4 Å². The maximum atomic E-state index is 13.0. The number of hydrogen-bond acceptors (Lipinski definition) is 5. The summed E-state index contributed by atoms with van der Waals surface area (Å²) in [4.78, 5) is 17.5. The molecular formula is C29H41ClN4O4S. The minimum atomic E-state index is -3.30. The molecule has 0 aromatic heterocycles. The number of hydrogen-bond donors (Lipinski definition) is 2. The summed E-state index contributed by atoms with van der Waals surface area (Å²) in [6.45, 7) is 7.61. The standard InChI is InChI=1S/C29H40N4O4S.ClH/c1-22(2)15-20-33(29(34)30-24-5-4-6-24)26-16-18-32(19-17-26)21-23-7-11-27(12-8-23)37-28-13-9-25(10-14-28)31-38(3,35)36;/h7-15,24,26,31H,4-6,16-21H2,1-3H3,(H,30,34);1H. The lowest BCUT2D eigenvalue weighted by Crippen LogP contribution is -2.53. The SMILES string of the molecule is CC(C)=CCN(C(=O)NC1CCC1)C1CCN(Cc2ccc(Oc3ccc(NS(C)(=O)=O)cc3)cc2)CC1.Cl. The molecule has 0 atom stereocenters. The molecule has 1 aliphatic carbocycles. The summed E-state index contributed by atoms with van der Waals surface area (Å²) in [5.41, 5.74) is 2.95. The summed E-state index contributed by atoms with van der Waals surface area (Å²) in [5, 5.41) is 3.23. The van der Waals surface area contributed by atoms with E-state index < -0.39 is 10.0 Å². The van der Waals surface area contributed by atoms with E-state index in [4.69, 9.17) is 4.74 Å². The Balaban J connectivity index is 0.00000420. The molecule has 0 unspecified atom stereocenters. The fraction of sp³-hybridized carbons (Fsp3) is 0.483. The molecule has 0 bridgehead atoms. The second kappa shape index (κ2) is 14.1. The van der Waals surface area contributed by atoms with Gasteiger partial charge >= 0.3 is 6.03 Å². The van der Waals surface area contributed by atoms with Crippen molar-refractivity contribution < 1.29 is 17.9 Å². The van der Waals surface area contributed by atoms with Crippen LogP contribution in [0, 0.1) is 0 Å². The average Bonchev–Trinajstić information content (AvgIpc) is 2.84. The Morgan fingerprint density at radius 3 is 2.10 bits per heavy atom. The van der Waals surface area contributed by atoms with Crippen molar-refractivity contribution in [3.63, 3.8) is 0 Å². The number of halogens is 1. The van der Waals surface area contributed by atoms with E-state index in [2.05, 4.69) is 47.0 Å². The number of sulfonamides is 1. The number of likely N-dealkylation sites (tertiary alicyclic amines) is 1. The van der Waals surface area contributed by atoms with E-state index in [1.165, 1.54) is 17.6 Å². The first-order valence-electron chi connectivity index (χ1n) is 13.4. The number of piperidine rings is 1. The molecule has 2 fully saturated rings.